The Morgan fingerprint density at radius 3 is 2.09 bits per heavy atom. The maximum Gasteiger partial charge on any atom is 0.141 e. The van der Waals surface area contributed by atoms with Crippen LogP contribution >= 0.6 is 0 Å². The summed E-state index contributed by atoms with van der Waals surface area (Å²) >= 11 is 0. The van der Waals surface area contributed by atoms with Gasteiger partial charge in [-0.1, -0.05) is 26.2 Å². The zero-order valence-corrected chi connectivity index (χ0v) is 7.22. The molecule has 0 spiro atoms. The summed E-state index contributed by atoms with van der Waals surface area (Å²) in [6, 6.07) is 4.05. The Labute approximate surface area is 68.4 Å². The monoisotopic (exact) mass is 150 g/mol. The molecule has 0 fully saturated rings. The van der Waals surface area contributed by atoms with Crippen molar-refractivity contribution in [3.63, 3.8) is 0 Å². The molecule has 0 saturated carbocycles. The Balaban J connectivity index is 3.75. The van der Waals surface area contributed by atoms with E-state index in [1.54, 1.807) is 6.92 Å². The predicted molar refractivity (Wildman–Crippen MR) is 43.5 cm³/mol. The van der Waals surface area contributed by atoms with Crippen molar-refractivity contribution in [3.8, 4) is 12.1 Å². The summed E-state index contributed by atoms with van der Waals surface area (Å²) in [6.07, 6.45) is 3.92. The highest BCUT2D eigenvalue weighted by Crippen LogP contribution is 2.21. The summed E-state index contributed by atoms with van der Waals surface area (Å²) in [7, 11) is 0. The van der Waals surface area contributed by atoms with Gasteiger partial charge >= 0.3 is 0 Å². The van der Waals surface area contributed by atoms with Gasteiger partial charge in [0.25, 0.3) is 0 Å². The molecule has 2 nitrogen and oxygen atoms in total. The zero-order chi connectivity index (χ0) is 8.74. The van der Waals surface area contributed by atoms with Crippen LogP contribution in [0.25, 0.3) is 0 Å². The topological polar surface area (TPSA) is 47.6 Å². The largest absolute Gasteiger partial charge is 0.197 e. The minimum absolute atomic E-state index is 0.702. The number of nitriles is 2. The first-order valence-corrected chi connectivity index (χ1v) is 4.01. The lowest BCUT2D eigenvalue weighted by Crippen LogP contribution is -2.09. The maximum absolute atomic E-state index is 8.61. The van der Waals surface area contributed by atoms with Gasteiger partial charge in [-0.25, -0.2) is 0 Å². The van der Waals surface area contributed by atoms with Crippen LogP contribution in [0, 0.1) is 28.1 Å². The Morgan fingerprint density at radius 2 is 1.73 bits per heavy atom. The van der Waals surface area contributed by atoms with E-state index in [0.717, 1.165) is 19.3 Å². The van der Waals surface area contributed by atoms with Gasteiger partial charge in [-0.3, -0.25) is 0 Å². The van der Waals surface area contributed by atoms with E-state index >= 15 is 0 Å². The second-order valence-corrected chi connectivity index (χ2v) is 3.01. The first kappa shape index (κ1) is 9.98. The Kier molecular flexibility index (Phi) is 4.30. The van der Waals surface area contributed by atoms with Gasteiger partial charge < -0.3 is 0 Å². The number of nitrogens with zero attached hydrogens (tertiary/aromatic N) is 2. The van der Waals surface area contributed by atoms with Crippen molar-refractivity contribution < 1.29 is 0 Å². The maximum atomic E-state index is 8.61. The Morgan fingerprint density at radius 1 is 1.18 bits per heavy atom. The third kappa shape index (κ3) is 3.63. The average Bonchev–Trinajstić information content (AvgIpc) is 2.05. The minimum atomic E-state index is -0.755. The van der Waals surface area contributed by atoms with Gasteiger partial charge in [-0.05, 0) is 13.3 Å². The SMILES string of the molecule is CCCCCC(C)(C#N)C#N. The molecule has 0 aliphatic rings. The second-order valence-electron chi connectivity index (χ2n) is 3.01. The first-order chi connectivity index (χ1) is 5.18. The highest BCUT2D eigenvalue weighted by atomic mass is 14.4. The molecule has 11 heavy (non-hydrogen) atoms. The van der Waals surface area contributed by atoms with Crippen molar-refractivity contribution in [3.05, 3.63) is 0 Å². The number of rotatable bonds is 4. The van der Waals surface area contributed by atoms with E-state index < -0.39 is 5.41 Å². The molecule has 0 atom stereocenters. The minimum Gasteiger partial charge on any atom is -0.197 e. The fraction of sp³-hybridized carbons (Fsp3) is 0.778. The molecule has 0 saturated heterocycles. The standard InChI is InChI=1S/C9H14N2/c1-3-4-5-6-9(2,7-10)8-11/h3-6H2,1-2H3. The van der Waals surface area contributed by atoms with E-state index in [9.17, 15) is 0 Å². The van der Waals surface area contributed by atoms with Gasteiger partial charge in [0.1, 0.15) is 5.41 Å². The van der Waals surface area contributed by atoms with Crippen molar-refractivity contribution in [2.45, 2.75) is 39.5 Å². The molecule has 0 aliphatic heterocycles. The van der Waals surface area contributed by atoms with Crippen molar-refractivity contribution in [2.24, 2.45) is 5.41 Å². The Bertz CT molecular complexity index is 169. The van der Waals surface area contributed by atoms with Crippen LogP contribution in [0.4, 0.5) is 0 Å². The van der Waals surface area contributed by atoms with E-state index in [-0.39, 0.29) is 0 Å². The molecule has 0 amide bonds. The van der Waals surface area contributed by atoms with Crippen LogP contribution in [0.15, 0.2) is 0 Å². The molecule has 0 aromatic rings. The smallest absolute Gasteiger partial charge is 0.141 e. The van der Waals surface area contributed by atoms with Crippen LogP contribution in [-0.2, 0) is 0 Å². The molecule has 0 aliphatic carbocycles. The van der Waals surface area contributed by atoms with Crippen molar-refractivity contribution in [2.75, 3.05) is 0 Å². The van der Waals surface area contributed by atoms with Gasteiger partial charge in [0, 0.05) is 0 Å². The van der Waals surface area contributed by atoms with Gasteiger partial charge in [0.15, 0.2) is 0 Å². The van der Waals surface area contributed by atoms with Crippen molar-refractivity contribution >= 4 is 0 Å². The average molecular weight is 150 g/mol. The fourth-order valence-electron chi connectivity index (χ4n) is 0.865. The summed E-state index contributed by atoms with van der Waals surface area (Å²) in [6.45, 7) is 3.80. The lowest BCUT2D eigenvalue weighted by atomic mass is 9.88. The van der Waals surface area contributed by atoms with Crippen LogP contribution in [-0.4, -0.2) is 0 Å². The lowest BCUT2D eigenvalue weighted by molar-refractivity contribution is 0.489. The molecule has 60 valence electrons. The lowest BCUT2D eigenvalue weighted by Gasteiger charge is -2.10. The highest BCUT2D eigenvalue weighted by molar-refractivity contribution is 5.10. The molecule has 0 heterocycles. The number of unbranched alkanes of at least 4 members (excludes halogenated alkanes) is 2. The molecule has 0 aromatic heterocycles. The molecule has 0 unspecified atom stereocenters. The van der Waals surface area contributed by atoms with Gasteiger partial charge in [-0.2, -0.15) is 10.5 Å². The number of hydrogen-bond donors (Lipinski definition) is 0. The molecule has 0 N–H and O–H groups in total. The molecule has 0 rings (SSSR count). The quantitative estimate of drug-likeness (QED) is 0.578. The third-order valence-electron chi connectivity index (χ3n) is 1.77. The van der Waals surface area contributed by atoms with Gasteiger partial charge in [0.2, 0.25) is 0 Å². The number of hydrogen-bond acceptors (Lipinski definition) is 2. The summed E-state index contributed by atoms with van der Waals surface area (Å²) in [5.41, 5.74) is -0.755. The van der Waals surface area contributed by atoms with E-state index in [4.69, 9.17) is 10.5 Å². The van der Waals surface area contributed by atoms with Gasteiger partial charge in [0.05, 0.1) is 12.1 Å². The van der Waals surface area contributed by atoms with Crippen LogP contribution in [0.3, 0.4) is 0 Å². The van der Waals surface area contributed by atoms with Crippen LogP contribution in [0.2, 0.25) is 0 Å². The fourth-order valence-corrected chi connectivity index (χ4v) is 0.865. The van der Waals surface area contributed by atoms with Crippen molar-refractivity contribution in [1.29, 1.82) is 10.5 Å². The molecular weight excluding hydrogens is 136 g/mol. The summed E-state index contributed by atoms with van der Waals surface area (Å²) in [5, 5.41) is 17.2. The molecule has 0 radical (unpaired) electrons. The van der Waals surface area contributed by atoms with E-state index in [0.29, 0.717) is 6.42 Å². The van der Waals surface area contributed by atoms with E-state index in [1.807, 2.05) is 12.1 Å². The van der Waals surface area contributed by atoms with Crippen LogP contribution < -0.4 is 0 Å². The summed E-state index contributed by atoms with van der Waals surface area (Å²) in [5.74, 6) is 0. The molecule has 0 aromatic carbocycles. The molecular formula is C9H14N2. The van der Waals surface area contributed by atoms with Crippen LogP contribution in [0.5, 0.6) is 0 Å². The third-order valence-corrected chi connectivity index (χ3v) is 1.77. The zero-order valence-electron chi connectivity index (χ0n) is 7.22. The van der Waals surface area contributed by atoms with E-state index in [1.165, 1.54) is 0 Å². The van der Waals surface area contributed by atoms with Crippen molar-refractivity contribution in [1.82, 2.24) is 0 Å². The van der Waals surface area contributed by atoms with Gasteiger partial charge in [-0.15, -0.1) is 0 Å². The highest BCUT2D eigenvalue weighted by Gasteiger charge is 2.21. The normalized spacial score (nSPS) is 10.2. The van der Waals surface area contributed by atoms with E-state index in [2.05, 4.69) is 6.92 Å². The first-order valence-electron chi connectivity index (χ1n) is 4.01. The van der Waals surface area contributed by atoms with Crippen LogP contribution in [0.1, 0.15) is 39.5 Å². The Hall–Kier alpha value is -1.02. The second kappa shape index (κ2) is 4.74. The summed E-state index contributed by atoms with van der Waals surface area (Å²) < 4.78 is 0. The molecule has 0 bridgehead atoms. The predicted octanol–water partition coefficient (Wildman–Crippen LogP) is 2.62. The summed E-state index contributed by atoms with van der Waals surface area (Å²) in [4.78, 5) is 0. The molecule has 2 heteroatoms.